The molecule has 1 aliphatic heterocycles. The fourth-order valence-corrected chi connectivity index (χ4v) is 3.30. The van der Waals surface area contributed by atoms with Gasteiger partial charge < -0.3 is 10.2 Å². The Hall–Kier alpha value is -2.40. The highest BCUT2D eigenvalue weighted by molar-refractivity contribution is 6.30. The molecule has 0 aromatic heterocycles. The first kappa shape index (κ1) is 19.4. The van der Waals surface area contributed by atoms with Crippen molar-refractivity contribution >= 4 is 23.4 Å². The van der Waals surface area contributed by atoms with Gasteiger partial charge in [0.25, 0.3) is 0 Å². The highest BCUT2D eigenvalue weighted by Crippen LogP contribution is 2.21. The maximum atomic E-state index is 13.6. The monoisotopic (exact) mass is 388 g/mol. The van der Waals surface area contributed by atoms with Gasteiger partial charge in [-0.1, -0.05) is 35.9 Å². The van der Waals surface area contributed by atoms with Gasteiger partial charge in [0, 0.05) is 31.1 Å². The number of amides is 2. The van der Waals surface area contributed by atoms with E-state index in [0.717, 1.165) is 11.1 Å². The van der Waals surface area contributed by atoms with Crippen LogP contribution in [-0.2, 0) is 22.7 Å². The minimum Gasteiger partial charge on any atom is -0.352 e. The van der Waals surface area contributed by atoms with E-state index in [9.17, 15) is 14.0 Å². The first-order valence-corrected chi connectivity index (χ1v) is 9.35. The van der Waals surface area contributed by atoms with Crippen molar-refractivity contribution in [1.29, 1.82) is 0 Å². The van der Waals surface area contributed by atoms with Crippen molar-refractivity contribution in [3.8, 4) is 0 Å². The second-order valence-electron chi connectivity index (χ2n) is 6.94. The molecule has 0 spiro atoms. The van der Waals surface area contributed by atoms with Gasteiger partial charge in [0.05, 0.1) is 5.92 Å². The maximum Gasteiger partial charge on any atom is 0.225 e. The molecule has 0 saturated carbocycles. The molecule has 1 saturated heterocycles. The smallest absolute Gasteiger partial charge is 0.225 e. The number of hydrogen-bond donors (Lipinski definition) is 1. The Morgan fingerprint density at radius 3 is 2.63 bits per heavy atom. The Balaban J connectivity index is 1.57. The van der Waals surface area contributed by atoms with E-state index < -0.39 is 0 Å². The molecule has 27 heavy (non-hydrogen) atoms. The van der Waals surface area contributed by atoms with E-state index in [1.54, 1.807) is 36.1 Å². The zero-order chi connectivity index (χ0) is 19.4. The highest BCUT2D eigenvalue weighted by atomic mass is 35.5. The number of piperidine rings is 1. The fraction of sp³-hybridized carbons (Fsp3) is 0.333. The molecule has 6 heteroatoms. The van der Waals surface area contributed by atoms with Gasteiger partial charge >= 0.3 is 0 Å². The van der Waals surface area contributed by atoms with Gasteiger partial charge in [-0.3, -0.25) is 9.59 Å². The number of carbonyl (C=O) groups is 2. The Morgan fingerprint density at radius 1 is 1.22 bits per heavy atom. The van der Waals surface area contributed by atoms with Crippen LogP contribution in [0, 0.1) is 18.7 Å². The van der Waals surface area contributed by atoms with E-state index in [1.165, 1.54) is 6.07 Å². The second-order valence-corrected chi connectivity index (χ2v) is 7.37. The predicted octanol–water partition coefficient (Wildman–Crippen LogP) is 3.84. The van der Waals surface area contributed by atoms with Gasteiger partial charge in [-0.2, -0.15) is 0 Å². The summed E-state index contributed by atoms with van der Waals surface area (Å²) in [4.78, 5) is 26.4. The molecule has 4 nitrogen and oxygen atoms in total. The number of nitrogens with zero attached hydrogens (tertiary/aromatic N) is 1. The largest absolute Gasteiger partial charge is 0.352 e. The lowest BCUT2D eigenvalue weighted by molar-refractivity contribution is -0.139. The van der Waals surface area contributed by atoms with Crippen molar-refractivity contribution < 1.29 is 14.0 Å². The van der Waals surface area contributed by atoms with Gasteiger partial charge in [0.1, 0.15) is 5.82 Å². The summed E-state index contributed by atoms with van der Waals surface area (Å²) in [7, 11) is 0. The summed E-state index contributed by atoms with van der Waals surface area (Å²) < 4.78 is 13.6. The van der Waals surface area contributed by atoms with Crippen LogP contribution in [0.5, 0.6) is 0 Å². The van der Waals surface area contributed by atoms with Crippen molar-refractivity contribution in [1.82, 2.24) is 10.2 Å². The average molecular weight is 389 g/mol. The number of nitrogens with one attached hydrogen (secondary N) is 1. The topological polar surface area (TPSA) is 49.4 Å². The molecule has 1 fully saturated rings. The van der Waals surface area contributed by atoms with Crippen LogP contribution in [0.3, 0.4) is 0 Å². The lowest BCUT2D eigenvalue weighted by Crippen LogP contribution is -2.45. The summed E-state index contributed by atoms with van der Waals surface area (Å²) in [5.74, 6) is -0.594. The Bertz CT molecular complexity index is 839. The minimum absolute atomic E-state index is 0.0506. The summed E-state index contributed by atoms with van der Waals surface area (Å²) >= 11 is 5.89. The van der Waals surface area contributed by atoms with Crippen molar-refractivity contribution in [2.24, 2.45) is 5.92 Å². The molecule has 0 radical (unpaired) electrons. The van der Waals surface area contributed by atoms with Crippen molar-refractivity contribution in [3.63, 3.8) is 0 Å². The number of halogens is 2. The molecule has 2 aromatic rings. The molecule has 2 aromatic carbocycles. The van der Waals surface area contributed by atoms with E-state index in [1.807, 2.05) is 12.1 Å². The van der Waals surface area contributed by atoms with Gasteiger partial charge in [0.15, 0.2) is 0 Å². The summed E-state index contributed by atoms with van der Waals surface area (Å²) in [5, 5.41) is 3.51. The SMILES string of the molecule is Cc1ccc(CNC(=O)[C@H]2CCC(=O)N(Cc3ccc(Cl)cc3)C2)cc1F. The minimum atomic E-state index is -0.279. The molecule has 2 amide bonds. The standard InChI is InChI=1S/C21H22ClFN2O2/c1-14-2-3-16(10-19(14)23)11-24-21(27)17-6-9-20(26)25(13-17)12-15-4-7-18(22)8-5-15/h2-5,7-8,10,17H,6,9,11-13H2,1H3,(H,24,27)/t17-/m0/s1. The number of benzene rings is 2. The Labute approximate surface area is 163 Å². The summed E-state index contributed by atoms with van der Waals surface area (Å²) in [5.41, 5.74) is 2.27. The third-order valence-electron chi connectivity index (χ3n) is 4.86. The van der Waals surface area contributed by atoms with E-state index in [2.05, 4.69) is 5.32 Å². The highest BCUT2D eigenvalue weighted by Gasteiger charge is 2.30. The van der Waals surface area contributed by atoms with Crippen molar-refractivity contribution in [3.05, 3.63) is 70.0 Å². The summed E-state index contributed by atoms with van der Waals surface area (Å²) in [6.07, 6.45) is 0.884. The van der Waals surface area contributed by atoms with Crippen LogP contribution >= 0.6 is 11.6 Å². The molecular formula is C21H22ClFN2O2. The molecule has 0 bridgehead atoms. The predicted molar refractivity (Wildman–Crippen MR) is 103 cm³/mol. The zero-order valence-electron chi connectivity index (χ0n) is 15.2. The number of hydrogen-bond acceptors (Lipinski definition) is 2. The molecule has 1 aliphatic rings. The van der Waals surface area contributed by atoms with Gasteiger partial charge in [-0.15, -0.1) is 0 Å². The molecular weight excluding hydrogens is 367 g/mol. The molecule has 3 rings (SSSR count). The van der Waals surface area contributed by atoms with Crippen LogP contribution in [0.4, 0.5) is 4.39 Å². The number of aryl methyl sites for hydroxylation is 1. The third kappa shape index (κ3) is 5.07. The fourth-order valence-electron chi connectivity index (χ4n) is 3.17. The molecule has 1 N–H and O–H groups in total. The molecule has 1 heterocycles. The Morgan fingerprint density at radius 2 is 1.93 bits per heavy atom. The lowest BCUT2D eigenvalue weighted by Gasteiger charge is -2.32. The van der Waals surface area contributed by atoms with Gasteiger partial charge in [-0.25, -0.2) is 4.39 Å². The maximum absolute atomic E-state index is 13.6. The van der Waals surface area contributed by atoms with Gasteiger partial charge in [0.2, 0.25) is 11.8 Å². The normalized spacial score (nSPS) is 17.1. The van der Waals surface area contributed by atoms with Crippen LogP contribution in [-0.4, -0.2) is 23.3 Å². The van der Waals surface area contributed by atoms with Crippen molar-refractivity contribution in [2.45, 2.75) is 32.9 Å². The first-order chi connectivity index (χ1) is 12.9. The summed E-state index contributed by atoms with van der Waals surface area (Å²) in [6.45, 7) is 2.82. The van der Waals surface area contributed by atoms with Crippen LogP contribution in [0.1, 0.15) is 29.5 Å². The van der Waals surface area contributed by atoms with Crippen LogP contribution in [0.2, 0.25) is 5.02 Å². The second kappa shape index (κ2) is 8.53. The number of likely N-dealkylation sites (tertiary alicyclic amines) is 1. The van der Waals surface area contributed by atoms with E-state index >= 15 is 0 Å². The van der Waals surface area contributed by atoms with E-state index in [4.69, 9.17) is 11.6 Å². The lowest BCUT2D eigenvalue weighted by atomic mass is 9.96. The first-order valence-electron chi connectivity index (χ1n) is 8.97. The molecule has 1 atom stereocenters. The molecule has 0 unspecified atom stereocenters. The van der Waals surface area contributed by atoms with Crippen LogP contribution in [0.25, 0.3) is 0 Å². The number of rotatable bonds is 5. The van der Waals surface area contributed by atoms with Crippen LogP contribution < -0.4 is 5.32 Å². The van der Waals surface area contributed by atoms with Crippen molar-refractivity contribution in [2.75, 3.05) is 6.54 Å². The average Bonchev–Trinajstić information content (AvgIpc) is 2.66. The third-order valence-corrected chi connectivity index (χ3v) is 5.11. The Kier molecular flexibility index (Phi) is 6.11. The quantitative estimate of drug-likeness (QED) is 0.845. The van der Waals surface area contributed by atoms with E-state index in [-0.39, 0.29) is 30.1 Å². The zero-order valence-corrected chi connectivity index (χ0v) is 15.9. The number of carbonyl (C=O) groups excluding carboxylic acids is 2. The molecule has 142 valence electrons. The summed E-state index contributed by atoms with van der Waals surface area (Å²) in [6, 6.07) is 12.3. The van der Waals surface area contributed by atoms with Gasteiger partial charge in [-0.05, 0) is 48.2 Å². The van der Waals surface area contributed by atoms with Crippen LogP contribution in [0.15, 0.2) is 42.5 Å². The van der Waals surface area contributed by atoms with E-state index in [0.29, 0.717) is 36.5 Å². The molecule has 0 aliphatic carbocycles.